The van der Waals surface area contributed by atoms with E-state index in [1.165, 1.54) is 0 Å². The average Bonchev–Trinajstić information content (AvgIpc) is 2.19. The smallest absolute Gasteiger partial charge is 0.0634 e. The van der Waals surface area contributed by atoms with Gasteiger partial charge in [-0.1, -0.05) is 0 Å². The molecule has 0 aliphatic carbocycles. The molecule has 0 aromatic carbocycles. The molecule has 1 fully saturated rings. The van der Waals surface area contributed by atoms with E-state index in [4.69, 9.17) is 21.1 Å². The van der Waals surface area contributed by atoms with Crippen molar-refractivity contribution in [2.75, 3.05) is 45.9 Å². The van der Waals surface area contributed by atoms with Crippen molar-refractivity contribution >= 4 is 11.6 Å². The number of nitrogens with zero attached hydrogens (tertiary/aromatic N) is 1. The molecule has 1 saturated heterocycles. The summed E-state index contributed by atoms with van der Waals surface area (Å²) >= 11 is 5.83. The number of halogens is 1. The molecule has 0 aromatic rings. The predicted molar refractivity (Wildman–Crippen MR) is 53.4 cm³/mol. The van der Waals surface area contributed by atoms with Gasteiger partial charge >= 0.3 is 0 Å². The number of methoxy groups -OCH3 is 1. The predicted octanol–water partition coefficient (Wildman–Crippen LogP) is 0.962. The molecule has 0 bridgehead atoms. The first-order valence-corrected chi connectivity index (χ1v) is 5.28. The summed E-state index contributed by atoms with van der Waals surface area (Å²) in [7, 11) is 1.73. The first kappa shape index (κ1) is 11.2. The van der Waals surface area contributed by atoms with Crippen LogP contribution in [-0.2, 0) is 9.47 Å². The molecule has 0 N–H and O–H groups in total. The van der Waals surface area contributed by atoms with Gasteiger partial charge in [0.15, 0.2) is 0 Å². The Morgan fingerprint density at radius 3 is 3.15 bits per heavy atom. The quantitative estimate of drug-likeness (QED) is 0.495. The monoisotopic (exact) mass is 207 g/mol. The molecule has 4 heteroatoms. The second kappa shape index (κ2) is 6.60. The SMILES string of the molecule is COCCCN1CCOCC1CCl. The highest BCUT2D eigenvalue weighted by atomic mass is 35.5. The van der Waals surface area contributed by atoms with Crippen LogP contribution in [0.1, 0.15) is 6.42 Å². The van der Waals surface area contributed by atoms with Crippen LogP contribution in [0.4, 0.5) is 0 Å². The third kappa shape index (κ3) is 3.81. The molecule has 0 amide bonds. The first-order valence-electron chi connectivity index (χ1n) is 4.75. The average molecular weight is 208 g/mol. The molecule has 0 saturated carbocycles. The minimum absolute atomic E-state index is 0.396. The zero-order valence-electron chi connectivity index (χ0n) is 8.17. The lowest BCUT2D eigenvalue weighted by atomic mass is 10.2. The van der Waals surface area contributed by atoms with Gasteiger partial charge in [-0.3, -0.25) is 4.90 Å². The summed E-state index contributed by atoms with van der Waals surface area (Å²) in [6.45, 7) is 4.50. The van der Waals surface area contributed by atoms with Gasteiger partial charge in [0.25, 0.3) is 0 Å². The van der Waals surface area contributed by atoms with Crippen molar-refractivity contribution in [3.63, 3.8) is 0 Å². The molecule has 1 aliphatic rings. The van der Waals surface area contributed by atoms with E-state index in [9.17, 15) is 0 Å². The highest BCUT2D eigenvalue weighted by Crippen LogP contribution is 2.08. The second-order valence-corrected chi connectivity index (χ2v) is 3.57. The fraction of sp³-hybridized carbons (Fsp3) is 1.00. The van der Waals surface area contributed by atoms with E-state index in [1.807, 2.05) is 0 Å². The summed E-state index contributed by atoms with van der Waals surface area (Å²) in [5.41, 5.74) is 0. The van der Waals surface area contributed by atoms with Gasteiger partial charge in [-0.25, -0.2) is 0 Å². The normalized spacial score (nSPS) is 24.9. The number of hydrogen-bond acceptors (Lipinski definition) is 3. The summed E-state index contributed by atoms with van der Waals surface area (Å²) in [6.07, 6.45) is 1.07. The molecule has 1 unspecified atom stereocenters. The van der Waals surface area contributed by atoms with Crippen LogP contribution in [0.25, 0.3) is 0 Å². The third-order valence-electron chi connectivity index (χ3n) is 2.32. The molecular formula is C9H18ClNO2. The van der Waals surface area contributed by atoms with Gasteiger partial charge in [0.05, 0.1) is 13.2 Å². The Hall–Kier alpha value is 0.170. The standard InChI is InChI=1S/C9H18ClNO2/c1-12-5-2-3-11-4-6-13-8-9(11)7-10/h9H,2-8H2,1H3. The van der Waals surface area contributed by atoms with E-state index >= 15 is 0 Å². The van der Waals surface area contributed by atoms with E-state index in [-0.39, 0.29) is 0 Å². The summed E-state index contributed by atoms with van der Waals surface area (Å²) in [5, 5.41) is 0. The van der Waals surface area contributed by atoms with Crippen LogP contribution in [0.5, 0.6) is 0 Å². The zero-order valence-corrected chi connectivity index (χ0v) is 8.92. The highest BCUT2D eigenvalue weighted by molar-refractivity contribution is 6.18. The molecule has 1 aliphatic heterocycles. The van der Waals surface area contributed by atoms with E-state index in [0.29, 0.717) is 11.9 Å². The molecule has 13 heavy (non-hydrogen) atoms. The largest absolute Gasteiger partial charge is 0.385 e. The number of morpholine rings is 1. The fourth-order valence-electron chi connectivity index (χ4n) is 1.54. The van der Waals surface area contributed by atoms with Crippen molar-refractivity contribution in [2.24, 2.45) is 0 Å². The number of alkyl halides is 1. The van der Waals surface area contributed by atoms with Gasteiger partial charge in [0.1, 0.15) is 0 Å². The van der Waals surface area contributed by atoms with Crippen LogP contribution < -0.4 is 0 Å². The molecule has 78 valence electrons. The Balaban J connectivity index is 2.19. The van der Waals surface area contributed by atoms with Crippen LogP contribution in [0.3, 0.4) is 0 Å². The molecule has 1 atom stereocenters. The Labute approximate surface area is 84.9 Å². The Kier molecular flexibility index (Phi) is 5.71. The van der Waals surface area contributed by atoms with E-state index in [1.54, 1.807) is 7.11 Å². The lowest BCUT2D eigenvalue weighted by Gasteiger charge is -2.34. The fourth-order valence-corrected chi connectivity index (χ4v) is 1.82. The first-order chi connectivity index (χ1) is 6.38. The van der Waals surface area contributed by atoms with Gasteiger partial charge in [-0.05, 0) is 6.42 Å². The molecule has 0 aromatic heterocycles. The molecule has 3 nitrogen and oxygen atoms in total. The van der Waals surface area contributed by atoms with Crippen molar-refractivity contribution < 1.29 is 9.47 Å². The summed E-state index contributed by atoms with van der Waals surface area (Å²) in [5.74, 6) is 0.660. The number of ether oxygens (including phenoxy) is 2. The van der Waals surface area contributed by atoms with Gasteiger partial charge in [-0.15, -0.1) is 11.6 Å². The summed E-state index contributed by atoms with van der Waals surface area (Å²) in [4.78, 5) is 2.38. The third-order valence-corrected chi connectivity index (χ3v) is 2.68. The van der Waals surface area contributed by atoms with E-state index in [0.717, 1.165) is 39.3 Å². The van der Waals surface area contributed by atoms with Crippen molar-refractivity contribution in [2.45, 2.75) is 12.5 Å². The highest BCUT2D eigenvalue weighted by Gasteiger charge is 2.21. The van der Waals surface area contributed by atoms with Crippen molar-refractivity contribution in [1.29, 1.82) is 0 Å². The topological polar surface area (TPSA) is 21.7 Å². The maximum atomic E-state index is 5.83. The number of hydrogen-bond donors (Lipinski definition) is 0. The van der Waals surface area contributed by atoms with Crippen LogP contribution in [0.2, 0.25) is 0 Å². The maximum Gasteiger partial charge on any atom is 0.0634 e. The molecular weight excluding hydrogens is 190 g/mol. The van der Waals surface area contributed by atoms with Crippen molar-refractivity contribution in [1.82, 2.24) is 4.90 Å². The second-order valence-electron chi connectivity index (χ2n) is 3.27. The Morgan fingerprint density at radius 1 is 1.62 bits per heavy atom. The Bertz CT molecular complexity index is 135. The maximum absolute atomic E-state index is 5.83. The minimum atomic E-state index is 0.396. The number of rotatable bonds is 5. The van der Waals surface area contributed by atoms with E-state index in [2.05, 4.69) is 4.90 Å². The van der Waals surface area contributed by atoms with Crippen molar-refractivity contribution in [3.8, 4) is 0 Å². The van der Waals surface area contributed by atoms with Crippen LogP contribution in [-0.4, -0.2) is 56.8 Å². The lowest BCUT2D eigenvalue weighted by Crippen LogP contribution is -2.47. The van der Waals surface area contributed by atoms with Gasteiger partial charge < -0.3 is 9.47 Å². The zero-order chi connectivity index (χ0) is 9.52. The van der Waals surface area contributed by atoms with Gasteiger partial charge in [-0.2, -0.15) is 0 Å². The van der Waals surface area contributed by atoms with Gasteiger partial charge in [0.2, 0.25) is 0 Å². The summed E-state index contributed by atoms with van der Waals surface area (Å²) < 4.78 is 10.4. The minimum Gasteiger partial charge on any atom is -0.385 e. The lowest BCUT2D eigenvalue weighted by molar-refractivity contribution is -0.00198. The van der Waals surface area contributed by atoms with Gasteiger partial charge in [0, 0.05) is 38.7 Å². The van der Waals surface area contributed by atoms with Crippen LogP contribution in [0.15, 0.2) is 0 Å². The van der Waals surface area contributed by atoms with Crippen LogP contribution in [0, 0.1) is 0 Å². The Morgan fingerprint density at radius 2 is 2.46 bits per heavy atom. The molecule has 1 rings (SSSR count). The molecule has 0 radical (unpaired) electrons. The van der Waals surface area contributed by atoms with E-state index < -0.39 is 0 Å². The molecule has 1 heterocycles. The molecule has 0 spiro atoms. The van der Waals surface area contributed by atoms with Crippen molar-refractivity contribution in [3.05, 3.63) is 0 Å². The van der Waals surface area contributed by atoms with Crippen LogP contribution >= 0.6 is 11.6 Å². The summed E-state index contributed by atoms with van der Waals surface area (Å²) in [6, 6.07) is 0.396.